The average Bonchev–Trinajstić information content (AvgIpc) is 3.81. The van der Waals surface area contributed by atoms with E-state index in [9.17, 15) is 0 Å². The van der Waals surface area contributed by atoms with Crippen molar-refractivity contribution in [3.8, 4) is 22.3 Å². The Balaban J connectivity index is 1.31. The molecule has 0 radical (unpaired) electrons. The van der Waals surface area contributed by atoms with E-state index in [-0.39, 0.29) is 0 Å². The number of hydrogen-bond donors (Lipinski definition) is 0. The van der Waals surface area contributed by atoms with Crippen LogP contribution in [0.4, 0.5) is 0 Å². The maximum absolute atomic E-state index is 6.22. The van der Waals surface area contributed by atoms with Crippen LogP contribution in [0.5, 0.6) is 0 Å². The molecule has 3 heteroatoms. The van der Waals surface area contributed by atoms with Crippen LogP contribution in [-0.4, -0.2) is 0 Å². The molecule has 0 aliphatic carbocycles. The third-order valence-electron chi connectivity index (χ3n) is 9.86. The lowest BCUT2D eigenvalue weighted by Crippen LogP contribution is -1.91. The highest BCUT2D eigenvalue weighted by atomic mass is 32.1. The first-order valence-corrected chi connectivity index (χ1v) is 17.6. The highest BCUT2D eigenvalue weighted by Crippen LogP contribution is 2.52. The van der Waals surface area contributed by atoms with E-state index in [0.29, 0.717) is 0 Å². The predicted octanol–water partition coefficient (Wildman–Crippen LogP) is 14.0. The van der Waals surface area contributed by atoms with Gasteiger partial charge in [0.05, 0.1) is 0 Å². The van der Waals surface area contributed by atoms with E-state index in [4.69, 9.17) is 4.42 Å². The van der Waals surface area contributed by atoms with Crippen LogP contribution < -0.4 is 0 Å². The summed E-state index contributed by atoms with van der Waals surface area (Å²) < 4.78 is 11.6. The fourth-order valence-electron chi connectivity index (χ4n) is 7.90. The first kappa shape index (κ1) is 25.7. The van der Waals surface area contributed by atoms with Gasteiger partial charge in [-0.3, -0.25) is 0 Å². The van der Waals surface area contributed by atoms with E-state index >= 15 is 0 Å². The van der Waals surface area contributed by atoms with E-state index < -0.39 is 0 Å². The van der Waals surface area contributed by atoms with E-state index in [2.05, 4.69) is 140 Å². The fourth-order valence-corrected chi connectivity index (χ4v) is 10.4. The van der Waals surface area contributed by atoms with Gasteiger partial charge in [-0.25, -0.2) is 0 Å². The van der Waals surface area contributed by atoms with Gasteiger partial charge in [0.25, 0.3) is 0 Å². The minimum absolute atomic E-state index is 0.920. The summed E-state index contributed by atoms with van der Waals surface area (Å²) in [6.07, 6.45) is 0. The maximum Gasteiger partial charge on any atom is 0.135 e. The Bertz CT molecular complexity index is 3020. The van der Waals surface area contributed by atoms with Crippen molar-refractivity contribution >= 4 is 107 Å². The van der Waals surface area contributed by atoms with Crippen LogP contribution in [-0.2, 0) is 0 Å². The summed E-state index contributed by atoms with van der Waals surface area (Å²) in [5.74, 6) is 0. The maximum atomic E-state index is 6.22. The molecule has 47 heavy (non-hydrogen) atoms. The Morgan fingerprint density at radius 1 is 0.362 bits per heavy atom. The van der Waals surface area contributed by atoms with Crippen molar-refractivity contribution in [3.63, 3.8) is 0 Å². The van der Waals surface area contributed by atoms with Gasteiger partial charge in [-0.2, -0.15) is 0 Å². The molecule has 0 atom stereocenters. The van der Waals surface area contributed by atoms with Gasteiger partial charge in [0.1, 0.15) is 11.2 Å². The first-order valence-electron chi connectivity index (χ1n) is 15.9. The Morgan fingerprint density at radius 2 is 0.894 bits per heavy atom. The lowest BCUT2D eigenvalue weighted by Gasteiger charge is -2.18. The van der Waals surface area contributed by atoms with E-state index in [1.54, 1.807) is 0 Å². The molecular formula is C44H24OS2. The van der Waals surface area contributed by atoms with E-state index in [0.717, 1.165) is 21.9 Å². The molecule has 11 aromatic rings. The molecule has 8 aromatic carbocycles. The van der Waals surface area contributed by atoms with Crippen molar-refractivity contribution < 1.29 is 4.42 Å². The third kappa shape index (κ3) is 3.53. The van der Waals surface area contributed by atoms with Gasteiger partial charge < -0.3 is 4.42 Å². The van der Waals surface area contributed by atoms with Crippen LogP contribution in [0.25, 0.3) is 106 Å². The number of thiophene rings is 2. The minimum Gasteiger partial charge on any atom is -0.456 e. The molecule has 0 aliphatic heterocycles. The summed E-state index contributed by atoms with van der Waals surface area (Å²) in [5, 5.41) is 12.8. The molecule has 0 unspecified atom stereocenters. The molecule has 3 heterocycles. The summed E-state index contributed by atoms with van der Waals surface area (Å²) in [5.41, 5.74) is 6.93. The molecule has 1 nitrogen and oxygen atoms in total. The molecule has 0 amide bonds. The summed E-state index contributed by atoms with van der Waals surface area (Å²) in [4.78, 5) is 0. The number of rotatable bonds is 2. The number of hydrogen-bond acceptors (Lipinski definition) is 3. The number of para-hydroxylation sites is 1. The standard InChI is InChI=1S/C44H24OS2/c1-3-14-29-27(12-1)40(25-21-22-36-33(23-25)26-11-5-8-18-35(26)45-36)28-13-2-4-15-30(28)41(29)34-24-39-43(32-17-7-9-19-37(32)46-39)44-42(34)31-16-6-10-20-38(31)47-44/h1-24H. The normalized spacial score (nSPS) is 12.3. The van der Waals surface area contributed by atoms with Crippen molar-refractivity contribution in [1.82, 2.24) is 0 Å². The molecule has 0 saturated heterocycles. The Hall–Kier alpha value is -5.48. The molecule has 0 aliphatic rings. The second-order valence-corrected chi connectivity index (χ2v) is 14.5. The van der Waals surface area contributed by atoms with Gasteiger partial charge in [0.2, 0.25) is 0 Å². The zero-order chi connectivity index (χ0) is 30.6. The Morgan fingerprint density at radius 3 is 1.60 bits per heavy atom. The molecule has 0 fully saturated rings. The zero-order valence-electron chi connectivity index (χ0n) is 25.1. The highest BCUT2D eigenvalue weighted by molar-refractivity contribution is 7.30. The second-order valence-electron chi connectivity index (χ2n) is 12.3. The summed E-state index contributed by atoms with van der Waals surface area (Å²) in [6.45, 7) is 0. The van der Waals surface area contributed by atoms with Gasteiger partial charge in [0, 0.05) is 51.1 Å². The summed E-state index contributed by atoms with van der Waals surface area (Å²) >= 11 is 3.84. The summed E-state index contributed by atoms with van der Waals surface area (Å²) in [6, 6.07) is 53.3. The quantitative estimate of drug-likeness (QED) is 0.173. The van der Waals surface area contributed by atoms with Gasteiger partial charge in [0.15, 0.2) is 0 Å². The largest absolute Gasteiger partial charge is 0.456 e. The van der Waals surface area contributed by atoms with E-state index in [1.165, 1.54) is 84.1 Å². The van der Waals surface area contributed by atoms with Crippen LogP contribution >= 0.6 is 22.7 Å². The third-order valence-corrected chi connectivity index (χ3v) is 12.2. The average molecular weight is 633 g/mol. The van der Waals surface area contributed by atoms with Crippen LogP contribution in [0.15, 0.2) is 150 Å². The number of fused-ring (bicyclic) bond motifs is 12. The predicted molar refractivity (Wildman–Crippen MR) is 205 cm³/mol. The first-order chi connectivity index (χ1) is 23.3. The SMILES string of the molecule is c1ccc2c(c1)oc1ccc(-c3c4ccccc4c(-c4cc5sc6ccccc6c5c5sc6ccccc6c45)c4ccccc34)cc12. The second kappa shape index (κ2) is 9.52. The van der Waals surface area contributed by atoms with Crippen LogP contribution in [0.2, 0.25) is 0 Å². The van der Waals surface area contributed by atoms with Crippen molar-refractivity contribution in [2.24, 2.45) is 0 Å². The molecular weight excluding hydrogens is 609 g/mol. The van der Waals surface area contributed by atoms with Gasteiger partial charge >= 0.3 is 0 Å². The van der Waals surface area contributed by atoms with Gasteiger partial charge in [-0.05, 0) is 80.2 Å². The van der Waals surface area contributed by atoms with Crippen molar-refractivity contribution in [3.05, 3.63) is 146 Å². The Labute approximate surface area is 277 Å². The number of furan rings is 1. The Kier molecular flexibility index (Phi) is 5.20. The fraction of sp³-hybridized carbons (Fsp3) is 0. The van der Waals surface area contributed by atoms with Crippen LogP contribution in [0.1, 0.15) is 0 Å². The summed E-state index contributed by atoms with van der Waals surface area (Å²) in [7, 11) is 0. The van der Waals surface area contributed by atoms with Crippen molar-refractivity contribution in [2.75, 3.05) is 0 Å². The molecule has 218 valence electrons. The smallest absolute Gasteiger partial charge is 0.135 e. The molecule has 3 aromatic heterocycles. The molecule has 0 bridgehead atoms. The van der Waals surface area contributed by atoms with Crippen molar-refractivity contribution in [1.29, 1.82) is 0 Å². The molecule has 11 rings (SSSR count). The lowest BCUT2D eigenvalue weighted by molar-refractivity contribution is 0.669. The molecule has 0 N–H and O–H groups in total. The zero-order valence-corrected chi connectivity index (χ0v) is 26.7. The van der Waals surface area contributed by atoms with Crippen LogP contribution in [0.3, 0.4) is 0 Å². The van der Waals surface area contributed by atoms with Crippen LogP contribution in [0, 0.1) is 0 Å². The highest BCUT2D eigenvalue weighted by Gasteiger charge is 2.23. The number of benzene rings is 8. The minimum atomic E-state index is 0.920. The van der Waals surface area contributed by atoms with Gasteiger partial charge in [-0.15, -0.1) is 22.7 Å². The lowest BCUT2D eigenvalue weighted by atomic mass is 9.84. The van der Waals surface area contributed by atoms with Crippen molar-refractivity contribution in [2.45, 2.75) is 0 Å². The van der Waals surface area contributed by atoms with Gasteiger partial charge in [-0.1, -0.05) is 109 Å². The monoisotopic (exact) mass is 632 g/mol. The molecule has 0 saturated carbocycles. The van der Waals surface area contributed by atoms with E-state index in [1.807, 2.05) is 28.7 Å². The molecule has 0 spiro atoms. The topological polar surface area (TPSA) is 13.1 Å².